The minimum absolute atomic E-state index is 0.0585. The third kappa shape index (κ3) is 4.02. The fourth-order valence-electron chi connectivity index (χ4n) is 2.89. The molecule has 2 aromatic carbocycles. The first-order chi connectivity index (χ1) is 14.2. The molecule has 1 heterocycles. The highest BCUT2D eigenvalue weighted by Crippen LogP contribution is 2.41. The highest BCUT2D eigenvalue weighted by atomic mass is 32.2. The van der Waals surface area contributed by atoms with E-state index in [0.717, 1.165) is 30.6 Å². The lowest BCUT2D eigenvalue weighted by molar-refractivity contribution is -0.387. The number of sulfonamides is 1. The number of anilines is 1. The Hall–Kier alpha value is -3.31. The minimum atomic E-state index is -4.39. The number of para-hydroxylation sites is 1. The molecule has 0 radical (unpaired) electrons. The van der Waals surface area contributed by atoms with Crippen molar-refractivity contribution >= 4 is 38.0 Å². The summed E-state index contributed by atoms with van der Waals surface area (Å²) >= 11 is 0.965. The number of nitrogens with zero attached hydrogens (tertiary/aromatic N) is 1. The van der Waals surface area contributed by atoms with Gasteiger partial charge in [-0.3, -0.25) is 14.8 Å². The molecule has 30 heavy (non-hydrogen) atoms. The summed E-state index contributed by atoms with van der Waals surface area (Å²) in [7, 11) is -3.25. The number of rotatable bonds is 6. The Morgan fingerprint density at radius 3 is 2.40 bits per heavy atom. The third-order valence-electron chi connectivity index (χ3n) is 4.19. The van der Waals surface area contributed by atoms with E-state index in [1.807, 2.05) is 0 Å². The van der Waals surface area contributed by atoms with Gasteiger partial charge in [-0.05, 0) is 30.7 Å². The van der Waals surface area contributed by atoms with Crippen LogP contribution in [0.15, 0.2) is 53.4 Å². The summed E-state index contributed by atoms with van der Waals surface area (Å²) in [5, 5.41) is 11.2. The molecule has 8 nitrogen and oxygen atoms in total. The molecular formula is C19H15FN2O6S2. The number of hydrogen-bond acceptors (Lipinski definition) is 7. The fraction of sp³-hybridized carbons (Fsp3) is 0.105. The second-order valence-electron chi connectivity index (χ2n) is 6.07. The maximum Gasteiger partial charge on any atom is 0.341 e. The van der Waals surface area contributed by atoms with E-state index in [0.29, 0.717) is 16.0 Å². The maximum atomic E-state index is 13.3. The topological polar surface area (TPSA) is 116 Å². The van der Waals surface area contributed by atoms with Crippen LogP contribution < -0.4 is 4.72 Å². The second kappa shape index (κ2) is 8.20. The molecule has 1 N–H and O–H groups in total. The van der Waals surface area contributed by atoms with Gasteiger partial charge in [0.25, 0.3) is 15.7 Å². The highest BCUT2D eigenvalue weighted by Gasteiger charge is 2.30. The number of nitro groups is 1. The summed E-state index contributed by atoms with van der Waals surface area (Å²) < 4.78 is 46.1. The molecule has 3 aromatic rings. The van der Waals surface area contributed by atoms with E-state index in [4.69, 9.17) is 4.74 Å². The number of thiophene rings is 1. The minimum Gasteiger partial charge on any atom is -0.465 e. The van der Waals surface area contributed by atoms with Crippen molar-refractivity contribution in [1.82, 2.24) is 0 Å². The van der Waals surface area contributed by atoms with Crippen LogP contribution in [0, 0.1) is 22.9 Å². The number of hydrogen-bond donors (Lipinski definition) is 1. The van der Waals surface area contributed by atoms with Gasteiger partial charge in [0, 0.05) is 16.5 Å². The molecule has 3 rings (SSSR count). The summed E-state index contributed by atoms with van der Waals surface area (Å²) in [6, 6.07) is 10.2. The third-order valence-corrected chi connectivity index (χ3v) is 6.73. The summed E-state index contributed by atoms with van der Waals surface area (Å²) in [5.41, 5.74) is 0.208. The van der Waals surface area contributed by atoms with Gasteiger partial charge in [0.05, 0.1) is 12.0 Å². The number of aryl methyl sites for hydroxylation is 1. The molecule has 0 saturated carbocycles. The predicted molar refractivity (Wildman–Crippen MR) is 110 cm³/mol. The number of methoxy groups -OCH3 is 1. The van der Waals surface area contributed by atoms with Crippen molar-refractivity contribution < 1.29 is 27.3 Å². The summed E-state index contributed by atoms with van der Waals surface area (Å²) in [6.07, 6.45) is 0. The molecule has 156 valence electrons. The van der Waals surface area contributed by atoms with Crippen LogP contribution >= 0.6 is 11.3 Å². The van der Waals surface area contributed by atoms with Crippen molar-refractivity contribution in [3.63, 3.8) is 0 Å². The van der Waals surface area contributed by atoms with Gasteiger partial charge in [0.1, 0.15) is 16.4 Å². The largest absolute Gasteiger partial charge is 0.465 e. The molecule has 0 bridgehead atoms. The molecule has 1 aromatic heterocycles. The lowest BCUT2D eigenvalue weighted by atomic mass is 10.0. The maximum absolute atomic E-state index is 13.3. The second-order valence-corrected chi connectivity index (χ2v) is 8.94. The normalized spacial score (nSPS) is 11.2. The Bertz CT molecular complexity index is 1240. The molecule has 0 spiro atoms. The van der Waals surface area contributed by atoms with Crippen molar-refractivity contribution in [2.75, 3.05) is 11.8 Å². The average molecular weight is 450 g/mol. The number of ether oxygens (including phenoxy) is 1. The Balaban J connectivity index is 2.15. The van der Waals surface area contributed by atoms with Gasteiger partial charge in [-0.2, -0.15) is 0 Å². The summed E-state index contributed by atoms with van der Waals surface area (Å²) in [4.78, 5) is 22.9. The van der Waals surface area contributed by atoms with Crippen molar-refractivity contribution in [3.8, 4) is 11.1 Å². The van der Waals surface area contributed by atoms with Crippen molar-refractivity contribution in [3.05, 3.63) is 74.9 Å². The van der Waals surface area contributed by atoms with Crippen LogP contribution in [0.5, 0.6) is 0 Å². The standard InChI is InChI=1S/C19H15FN2O6S2/c1-11-16(12-7-9-13(20)10-8-12)17(19(23)28-2)18(29-11)21-30(26,27)15-6-4-3-5-14(15)22(24)25/h3-10,21H,1-2H3. The molecule has 0 fully saturated rings. The first-order valence-corrected chi connectivity index (χ1v) is 10.7. The molecular weight excluding hydrogens is 435 g/mol. The molecule has 0 unspecified atom stereocenters. The first-order valence-electron chi connectivity index (χ1n) is 8.39. The van der Waals surface area contributed by atoms with Gasteiger partial charge in [-0.1, -0.05) is 24.3 Å². The summed E-state index contributed by atoms with van der Waals surface area (Å²) in [6.45, 7) is 1.67. The zero-order valence-corrected chi connectivity index (χ0v) is 17.3. The SMILES string of the molecule is COC(=O)c1c(NS(=O)(=O)c2ccccc2[N+](=O)[O-])sc(C)c1-c1ccc(F)cc1. The average Bonchev–Trinajstić information content (AvgIpc) is 3.03. The Kier molecular flexibility index (Phi) is 5.85. The molecule has 0 aliphatic heterocycles. The van der Waals surface area contributed by atoms with Crippen LogP contribution in [0.25, 0.3) is 11.1 Å². The lowest BCUT2D eigenvalue weighted by Gasteiger charge is -2.10. The van der Waals surface area contributed by atoms with Crippen molar-refractivity contribution in [2.24, 2.45) is 0 Å². The van der Waals surface area contributed by atoms with Gasteiger partial charge in [0.15, 0.2) is 4.90 Å². The van der Waals surface area contributed by atoms with Gasteiger partial charge in [-0.25, -0.2) is 17.6 Å². The van der Waals surface area contributed by atoms with E-state index in [-0.39, 0.29) is 10.6 Å². The van der Waals surface area contributed by atoms with Crippen molar-refractivity contribution in [1.29, 1.82) is 0 Å². The predicted octanol–water partition coefficient (Wildman–Crippen LogP) is 4.36. The number of nitro benzene ring substituents is 1. The molecule has 0 amide bonds. The van der Waals surface area contributed by atoms with E-state index >= 15 is 0 Å². The molecule has 0 saturated heterocycles. The van der Waals surface area contributed by atoms with Crippen LogP contribution in [0.4, 0.5) is 15.1 Å². The Labute approximate surface area is 175 Å². The van der Waals surface area contributed by atoms with Crippen LogP contribution in [0.2, 0.25) is 0 Å². The molecule has 0 atom stereocenters. The smallest absolute Gasteiger partial charge is 0.341 e. The number of benzene rings is 2. The summed E-state index contributed by atoms with van der Waals surface area (Å²) in [5.74, 6) is -1.28. The number of carbonyl (C=O) groups is 1. The first kappa shape index (κ1) is 21.4. The van der Waals surface area contributed by atoms with E-state index in [9.17, 15) is 27.7 Å². The van der Waals surface area contributed by atoms with E-state index in [2.05, 4.69) is 4.72 Å². The highest BCUT2D eigenvalue weighted by molar-refractivity contribution is 7.93. The Morgan fingerprint density at radius 1 is 1.17 bits per heavy atom. The number of esters is 1. The zero-order valence-electron chi connectivity index (χ0n) is 15.7. The zero-order chi connectivity index (χ0) is 22.1. The van der Waals surface area contributed by atoms with Gasteiger partial charge in [-0.15, -0.1) is 11.3 Å². The van der Waals surface area contributed by atoms with Crippen LogP contribution in [-0.2, 0) is 14.8 Å². The number of halogens is 1. The van der Waals surface area contributed by atoms with E-state index < -0.39 is 37.3 Å². The van der Waals surface area contributed by atoms with Crippen LogP contribution in [-0.4, -0.2) is 26.4 Å². The quantitative estimate of drug-likeness (QED) is 0.339. The van der Waals surface area contributed by atoms with Crippen molar-refractivity contribution in [2.45, 2.75) is 11.8 Å². The van der Waals surface area contributed by atoms with E-state index in [1.54, 1.807) is 6.92 Å². The lowest BCUT2D eigenvalue weighted by Crippen LogP contribution is -2.16. The van der Waals surface area contributed by atoms with Crippen LogP contribution in [0.1, 0.15) is 15.2 Å². The van der Waals surface area contributed by atoms with Gasteiger partial charge >= 0.3 is 5.97 Å². The number of nitrogens with one attached hydrogen (secondary N) is 1. The fourth-order valence-corrected chi connectivity index (χ4v) is 5.43. The van der Waals surface area contributed by atoms with Crippen LogP contribution in [0.3, 0.4) is 0 Å². The van der Waals surface area contributed by atoms with Gasteiger partial charge in [0.2, 0.25) is 0 Å². The van der Waals surface area contributed by atoms with E-state index in [1.165, 1.54) is 36.4 Å². The molecule has 0 aliphatic carbocycles. The number of carbonyl (C=O) groups excluding carboxylic acids is 1. The molecule has 0 aliphatic rings. The van der Waals surface area contributed by atoms with Gasteiger partial charge < -0.3 is 4.74 Å². The Morgan fingerprint density at radius 2 is 1.80 bits per heavy atom. The monoisotopic (exact) mass is 450 g/mol. The molecule has 11 heteroatoms.